The first-order valence-corrected chi connectivity index (χ1v) is 4.36. The van der Waals surface area contributed by atoms with Crippen LogP contribution in [0.4, 0.5) is 0 Å². The second kappa shape index (κ2) is 3.77. The largest absolute Gasteiger partial charge is 0.465 e. The maximum absolute atomic E-state index is 11.1. The molecule has 0 bridgehead atoms. The molecule has 1 aliphatic rings. The first-order valence-electron chi connectivity index (χ1n) is 4.36. The van der Waals surface area contributed by atoms with Crippen molar-refractivity contribution in [2.24, 2.45) is 11.8 Å². The van der Waals surface area contributed by atoms with Crippen LogP contribution in [-0.2, 0) is 19.1 Å². The van der Waals surface area contributed by atoms with Gasteiger partial charge in [0.25, 0.3) is 0 Å². The van der Waals surface area contributed by atoms with Crippen molar-refractivity contribution in [3.8, 4) is 0 Å². The molecule has 0 aromatic carbocycles. The van der Waals surface area contributed by atoms with Crippen LogP contribution in [0.2, 0.25) is 0 Å². The zero-order valence-corrected chi connectivity index (χ0v) is 8.07. The molecule has 0 radical (unpaired) electrons. The molecule has 0 spiro atoms. The second-order valence-electron chi connectivity index (χ2n) is 3.47. The van der Waals surface area contributed by atoms with Crippen molar-refractivity contribution in [1.29, 1.82) is 0 Å². The quantitative estimate of drug-likeness (QED) is 0.567. The summed E-state index contributed by atoms with van der Waals surface area (Å²) in [5.74, 6) is -0.910. The molecular formula is C9H14O4. The van der Waals surface area contributed by atoms with Gasteiger partial charge in [0.2, 0.25) is 0 Å². The molecule has 1 rings (SSSR count). The lowest BCUT2D eigenvalue weighted by atomic mass is 9.91. The third kappa shape index (κ3) is 2.20. The van der Waals surface area contributed by atoms with E-state index >= 15 is 0 Å². The number of hydrogen-bond acceptors (Lipinski definition) is 4. The lowest BCUT2D eigenvalue weighted by molar-refractivity contribution is -0.175. The van der Waals surface area contributed by atoms with Gasteiger partial charge >= 0.3 is 11.9 Å². The highest BCUT2D eigenvalue weighted by molar-refractivity contribution is 5.74. The minimum absolute atomic E-state index is 0.0802. The third-order valence-electron chi connectivity index (χ3n) is 2.22. The van der Waals surface area contributed by atoms with Gasteiger partial charge in [-0.3, -0.25) is 9.59 Å². The topological polar surface area (TPSA) is 52.6 Å². The smallest absolute Gasteiger partial charge is 0.312 e. The Morgan fingerprint density at radius 3 is 2.69 bits per heavy atom. The summed E-state index contributed by atoms with van der Waals surface area (Å²) in [7, 11) is 0. The number of esters is 2. The number of carbonyl (C=O) groups excluding carboxylic acids is 2. The summed E-state index contributed by atoms with van der Waals surface area (Å²) in [6, 6.07) is 0. The molecule has 0 aromatic rings. The summed E-state index contributed by atoms with van der Waals surface area (Å²) in [5, 5.41) is 0. The van der Waals surface area contributed by atoms with E-state index in [1.165, 1.54) is 6.92 Å². The third-order valence-corrected chi connectivity index (χ3v) is 2.22. The second-order valence-corrected chi connectivity index (χ2v) is 3.47. The zero-order valence-electron chi connectivity index (χ0n) is 8.07. The Labute approximate surface area is 77.2 Å². The molecule has 0 aromatic heterocycles. The van der Waals surface area contributed by atoms with Gasteiger partial charge in [-0.15, -0.1) is 0 Å². The summed E-state index contributed by atoms with van der Waals surface area (Å²) < 4.78 is 9.93. The first kappa shape index (κ1) is 10.0. The lowest BCUT2D eigenvalue weighted by Crippen LogP contribution is -2.43. The van der Waals surface area contributed by atoms with Crippen LogP contribution in [0.15, 0.2) is 0 Å². The summed E-state index contributed by atoms with van der Waals surface area (Å²) in [5.41, 5.74) is 0. The fourth-order valence-electron chi connectivity index (χ4n) is 1.48. The number of rotatable bonds is 1. The summed E-state index contributed by atoms with van der Waals surface area (Å²) in [4.78, 5) is 21.9. The van der Waals surface area contributed by atoms with E-state index in [-0.39, 0.29) is 29.9 Å². The Bertz CT molecular complexity index is 224. The molecule has 1 fully saturated rings. The Hall–Kier alpha value is -1.06. The first-order chi connectivity index (χ1) is 6.02. The molecule has 74 valence electrons. The van der Waals surface area contributed by atoms with Gasteiger partial charge < -0.3 is 9.47 Å². The van der Waals surface area contributed by atoms with Crippen LogP contribution < -0.4 is 0 Å². The Morgan fingerprint density at radius 2 is 2.15 bits per heavy atom. The number of ether oxygens (including phenoxy) is 2. The van der Waals surface area contributed by atoms with Gasteiger partial charge in [0.05, 0.1) is 12.5 Å². The SMILES string of the molecule is CC(=O)OC1C(C)COC(=O)C1C. The van der Waals surface area contributed by atoms with Crippen molar-refractivity contribution in [1.82, 2.24) is 0 Å². The molecule has 1 saturated heterocycles. The van der Waals surface area contributed by atoms with E-state index in [9.17, 15) is 9.59 Å². The standard InChI is InChI=1S/C9H14O4/c1-5-4-12-9(11)6(2)8(5)13-7(3)10/h5-6,8H,4H2,1-3H3. The highest BCUT2D eigenvalue weighted by Gasteiger charge is 2.37. The van der Waals surface area contributed by atoms with Crippen LogP contribution in [0.25, 0.3) is 0 Å². The zero-order chi connectivity index (χ0) is 10.0. The minimum atomic E-state index is -0.354. The number of cyclic esters (lactones) is 1. The van der Waals surface area contributed by atoms with Gasteiger partial charge in [-0.1, -0.05) is 6.92 Å². The van der Waals surface area contributed by atoms with Crippen molar-refractivity contribution in [3.63, 3.8) is 0 Å². The van der Waals surface area contributed by atoms with Crippen LogP contribution in [0.5, 0.6) is 0 Å². The molecule has 0 amide bonds. The fourth-order valence-corrected chi connectivity index (χ4v) is 1.48. The molecule has 3 atom stereocenters. The van der Waals surface area contributed by atoms with Crippen LogP contribution >= 0.6 is 0 Å². The van der Waals surface area contributed by atoms with Gasteiger partial charge in [-0.05, 0) is 6.92 Å². The van der Waals surface area contributed by atoms with Crippen molar-refractivity contribution >= 4 is 11.9 Å². The van der Waals surface area contributed by atoms with Gasteiger partial charge in [0, 0.05) is 12.8 Å². The van der Waals surface area contributed by atoms with Crippen LogP contribution in [0.1, 0.15) is 20.8 Å². The van der Waals surface area contributed by atoms with Crippen LogP contribution in [0.3, 0.4) is 0 Å². The molecular weight excluding hydrogens is 172 g/mol. The molecule has 4 heteroatoms. The Kier molecular flexibility index (Phi) is 2.90. The predicted octanol–water partition coefficient (Wildman–Crippen LogP) is 0.747. The molecule has 0 N–H and O–H groups in total. The molecule has 13 heavy (non-hydrogen) atoms. The summed E-state index contributed by atoms with van der Waals surface area (Å²) in [6.07, 6.45) is -0.334. The molecule has 1 aliphatic heterocycles. The van der Waals surface area contributed by atoms with E-state index < -0.39 is 0 Å². The predicted molar refractivity (Wildman–Crippen MR) is 44.8 cm³/mol. The molecule has 0 aliphatic carbocycles. The van der Waals surface area contributed by atoms with E-state index in [1.807, 2.05) is 6.92 Å². The Morgan fingerprint density at radius 1 is 1.54 bits per heavy atom. The van der Waals surface area contributed by atoms with E-state index in [2.05, 4.69) is 0 Å². The van der Waals surface area contributed by atoms with E-state index in [1.54, 1.807) is 6.92 Å². The minimum Gasteiger partial charge on any atom is -0.465 e. The lowest BCUT2D eigenvalue weighted by Gasteiger charge is -2.32. The van der Waals surface area contributed by atoms with Gasteiger partial charge in [0.1, 0.15) is 6.10 Å². The molecule has 3 unspecified atom stereocenters. The molecule has 4 nitrogen and oxygen atoms in total. The van der Waals surface area contributed by atoms with Crippen molar-refractivity contribution in [2.75, 3.05) is 6.61 Å². The monoisotopic (exact) mass is 186 g/mol. The average Bonchev–Trinajstić information content (AvgIpc) is 2.05. The highest BCUT2D eigenvalue weighted by atomic mass is 16.6. The Balaban J connectivity index is 2.66. The van der Waals surface area contributed by atoms with E-state index in [0.717, 1.165) is 0 Å². The van der Waals surface area contributed by atoms with Crippen LogP contribution in [-0.4, -0.2) is 24.6 Å². The maximum Gasteiger partial charge on any atom is 0.312 e. The number of carbonyl (C=O) groups is 2. The normalized spacial score (nSPS) is 33.8. The summed E-state index contributed by atoms with van der Waals surface area (Å²) >= 11 is 0. The molecule has 0 saturated carbocycles. The number of hydrogen-bond donors (Lipinski definition) is 0. The van der Waals surface area contributed by atoms with E-state index in [0.29, 0.717) is 6.61 Å². The maximum atomic E-state index is 11.1. The van der Waals surface area contributed by atoms with Gasteiger partial charge in [-0.25, -0.2) is 0 Å². The highest BCUT2D eigenvalue weighted by Crippen LogP contribution is 2.23. The fraction of sp³-hybridized carbons (Fsp3) is 0.778. The summed E-state index contributed by atoms with van der Waals surface area (Å²) in [6.45, 7) is 5.29. The average molecular weight is 186 g/mol. The van der Waals surface area contributed by atoms with Crippen molar-refractivity contribution < 1.29 is 19.1 Å². The molecule has 1 heterocycles. The van der Waals surface area contributed by atoms with Crippen molar-refractivity contribution in [2.45, 2.75) is 26.9 Å². The van der Waals surface area contributed by atoms with Crippen LogP contribution in [0, 0.1) is 11.8 Å². The van der Waals surface area contributed by atoms with Gasteiger partial charge in [-0.2, -0.15) is 0 Å². The van der Waals surface area contributed by atoms with E-state index in [4.69, 9.17) is 9.47 Å². The van der Waals surface area contributed by atoms with Crippen molar-refractivity contribution in [3.05, 3.63) is 0 Å². The van der Waals surface area contributed by atoms with Gasteiger partial charge in [0.15, 0.2) is 0 Å².